The summed E-state index contributed by atoms with van der Waals surface area (Å²) in [6, 6.07) is 15.9. The van der Waals surface area contributed by atoms with Crippen LogP contribution in [0.1, 0.15) is 66.1 Å². The van der Waals surface area contributed by atoms with Crippen LogP contribution in [0.4, 0.5) is 0 Å². The smallest absolute Gasteiger partial charge is 0.397 e. The Morgan fingerprint density at radius 2 is 1.58 bits per heavy atom. The lowest BCUT2D eigenvalue weighted by molar-refractivity contribution is -0.140. The van der Waals surface area contributed by atoms with E-state index in [-0.39, 0.29) is 24.0 Å². The van der Waals surface area contributed by atoms with Gasteiger partial charge in [-0.3, -0.25) is 9.78 Å². The summed E-state index contributed by atoms with van der Waals surface area (Å²) < 4.78 is 22.0. The van der Waals surface area contributed by atoms with Crippen LogP contribution in [0.3, 0.4) is 0 Å². The normalized spacial score (nSPS) is 10.7. The molecule has 11 heteroatoms. The van der Waals surface area contributed by atoms with Crippen LogP contribution in [0.2, 0.25) is 0 Å². The van der Waals surface area contributed by atoms with E-state index in [1.165, 1.54) is 6.92 Å². The second kappa shape index (κ2) is 15.6. The van der Waals surface area contributed by atoms with Gasteiger partial charge in [0.15, 0.2) is 0 Å². The summed E-state index contributed by atoms with van der Waals surface area (Å²) >= 11 is 0. The molecular formula is C34H41N5O6. The van der Waals surface area contributed by atoms with Crippen molar-refractivity contribution >= 4 is 23.0 Å². The number of carbonyl (C=O) groups is 2. The van der Waals surface area contributed by atoms with Gasteiger partial charge in [0.1, 0.15) is 11.6 Å². The van der Waals surface area contributed by atoms with Crippen LogP contribution in [-0.4, -0.2) is 56.9 Å². The molecular weight excluding hydrogens is 574 g/mol. The molecule has 0 N–H and O–H groups in total. The van der Waals surface area contributed by atoms with Gasteiger partial charge in [0.25, 0.3) is 0 Å². The van der Waals surface area contributed by atoms with E-state index in [1.54, 1.807) is 27.2 Å². The quantitative estimate of drug-likeness (QED) is 0.171. The summed E-state index contributed by atoms with van der Waals surface area (Å²) in [5.74, 6) is 0.772. The van der Waals surface area contributed by atoms with Gasteiger partial charge in [-0.25, -0.2) is 9.78 Å². The Morgan fingerprint density at radius 1 is 0.867 bits per heavy atom. The van der Waals surface area contributed by atoms with Gasteiger partial charge in [0.2, 0.25) is 5.82 Å². The molecule has 0 fully saturated rings. The van der Waals surface area contributed by atoms with Gasteiger partial charge in [-0.05, 0) is 64.4 Å². The van der Waals surface area contributed by atoms with Crippen molar-refractivity contribution in [1.82, 2.24) is 24.7 Å². The summed E-state index contributed by atoms with van der Waals surface area (Å²) in [4.78, 5) is 35.3. The molecule has 0 aliphatic carbocycles. The Balaban J connectivity index is 0.000000620. The maximum absolute atomic E-state index is 12.0. The number of ether oxygens (including phenoxy) is 3. The molecule has 0 aliphatic heterocycles. The number of rotatable bonds is 7. The van der Waals surface area contributed by atoms with Crippen LogP contribution in [-0.2, 0) is 19.8 Å². The number of carbonyl (C=O) groups excluding carboxylic acids is 2. The predicted octanol–water partition coefficient (Wildman–Crippen LogP) is 7.35. The Morgan fingerprint density at radius 3 is 2.20 bits per heavy atom. The number of imidazole rings is 1. The Bertz CT molecular complexity index is 1730. The zero-order valence-corrected chi connectivity index (χ0v) is 27.4. The van der Waals surface area contributed by atoms with Gasteiger partial charge < -0.3 is 23.3 Å². The SMILES string of the molecule is CC.CCOC(=O)c1nc(-c2cccc(-c3nc4cc(-c5cncc(OC)c5)ccc4n3C(C)(C)C)c2)no1.CCOC(C)=O. The lowest BCUT2D eigenvalue weighted by atomic mass is 10.0. The van der Waals surface area contributed by atoms with E-state index in [0.717, 1.165) is 33.5 Å². The predicted molar refractivity (Wildman–Crippen MR) is 173 cm³/mol. The number of esters is 2. The van der Waals surface area contributed by atoms with Gasteiger partial charge in [-0.2, -0.15) is 4.98 Å². The second-order valence-electron chi connectivity index (χ2n) is 10.4. The Hall–Kier alpha value is -5.06. The van der Waals surface area contributed by atoms with Gasteiger partial charge in [0.05, 0.1) is 37.6 Å². The first-order valence-electron chi connectivity index (χ1n) is 14.8. The average Bonchev–Trinajstić information content (AvgIpc) is 3.68. The van der Waals surface area contributed by atoms with Gasteiger partial charge >= 0.3 is 17.8 Å². The highest BCUT2D eigenvalue weighted by atomic mass is 16.6. The van der Waals surface area contributed by atoms with Crippen molar-refractivity contribution in [2.45, 2.75) is 60.9 Å². The number of pyridine rings is 1. The molecule has 3 aromatic heterocycles. The highest BCUT2D eigenvalue weighted by Gasteiger charge is 2.24. The molecule has 11 nitrogen and oxygen atoms in total. The van der Waals surface area contributed by atoms with Gasteiger partial charge in [0, 0.05) is 35.3 Å². The summed E-state index contributed by atoms with van der Waals surface area (Å²) in [5.41, 5.74) is 5.16. The van der Waals surface area contributed by atoms with Crippen LogP contribution >= 0.6 is 0 Å². The fraction of sp³-hybridized carbons (Fsp3) is 0.353. The van der Waals surface area contributed by atoms with E-state index in [4.69, 9.17) is 19.0 Å². The number of fused-ring (bicyclic) bond motifs is 1. The summed E-state index contributed by atoms with van der Waals surface area (Å²) in [6.45, 7) is 16.0. The fourth-order valence-corrected chi connectivity index (χ4v) is 4.44. The number of hydrogen-bond donors (Lipinski definition) is 0. The van der Waals surface area contributed by atoms with Crippen LogP contribution in [0.25, 0.3) is 44.9 Å². The third-order valence-corrected chi connectivity index (χ3v) is 6.21. The number of nitrogens with zero attached hydrogens (tertiary/aromatic N) is 5. The van der Waals surface area contributed by atoms with Crippen LogP contribution in [0.5, 0.6) is 5.75 Å². The number of aromatic nitrogens is 5. The standard InChI is InChI=1S/C28H27N5O4.C4H8O2.C2H6/c1-6-36-27(34)26-31-24(32-37-26)18-8-7-9-19(12-18)25-30-22-14-17(20-13-21(35-5)16-29-15-20)10-11-23(22)33(25)28(2,3)4;1-3-6-4(2)5;1-2/h7-16H,6H2,1-5H3;3H2,1-2H3;1-2H3. The van der Waals surface area contributed by atoms with Crippen molar-refractivity contribution in [3.63, 3.8) is 0 Å². The van der Waals surface area contributed by atoms with Crippen molar-refractivity contribution in [2.24, 2.45) is 0 Å². The molecule has 0 unspecified atom stereocenters. The van der Waals surface area contributed by atoms with Crippen molar-refractivity contribution in [3.8, 4) is 39.7 Å². The Labute approximate surface area is 263 Å². The molecule has 0 radical (unpaired) electrons. The zero-order chi connectivity index (χ0) is 33.1. The van der Waals surface area contributed by atoms with Crippen LogP contribution in [0.15, 0.2) is 65.4 Å². The molecule has 5 aromatic rings. The largest absolute Gasteiger partial charge is 0.495 e. The average molecular weight is 616 g/mol. The van der Waals surface area contributed by atoms with Crippen LogP contribution < -0.4 is 4.74 Å². The fourth-order valence-electron chi connectivity index (χ4n) is 4.44. The summed E-state index contributed by atoms with van der Waals surface area (Å²) in [5, 5.41) is 3.97. The monoisotopic (exact) mass is 615 g/mol. The van der Waals surface area contributed by atoms with E-state index >= 15 is 0 Å². The molecule has 0 saturated carbocycles. The maximum Gasteiger partial charge on any atom is 0.397 e. The molecule has 3 heterocycles. The minimum absolute atomic E-state index is 0.177. The van der Waals surface area contributed by atoms with Crippen molar-refractivity contribution in [2.75, 3.05) is 20.3 Å². The molecule has 2 aromatic carbocycles. The Kier molecular flexibility index (Phi) is 11.9. The van der Waals surface area contributed by atoms with E-state index in [0.29, 0.717) is 23.7 Å². The molecule has 45 heavy (non-hydrogen) atoms. The molecule has 0 bridgehead atoms. The molecule has 5 rings (SSSR count). The van der Waals surface area contributed by atoms with Crippen molar-refractivity contribution in [3.05, 3.63) is 66.8 Å². The van der Waals surface area contributed by atoms with E-state index in [9.17, 15) is 9.59 Å². The third-order valence-electron chi connectivity index (χ3n) is 6.21. The van der Waals surface area contributed by atoms with Crippen LogP contribution in [0, 0.1) is 0 Å². The first-order chi connectivity index (χ1) is 21.5. The van der Waals surface area contributed by atoms with Crippen molar-refractivity contribution in [1.29, 1.82) is 0 Å². The lowest BCUT2D eigenvalue weighted by Gasteiger charge is -2.25. The summed E-state index contributed by atoms with van der Waals surface area (Å²) in [7, 11) is 1.63. The molecule has 0 amide bonds. The number of methoxy groups -OCH3 is 1. The molecule has 0 atom stereocenters. The number of hydrogen-bond acceptors (Lipinski definition) is 10. The van der Waals surface area contributed by atoms with Gasteiger partial charge in [-0.1, -0.05) is 43.3 Å². The molecule has 0 saturated heterocycles. The molecule has 238 valence electrons. The van der Waals surface area contributed by atoms with Crippen molar-refractivity contribution < 1.29 is 28.3 Å². The highest BCUT2D eigenvalue weighted by molar-refractivity contribution is 5.87. The zero-order valence-electron chi connectivity index (χ0n) is 27.4. The first kappa shape index (κ1) is 34.4. The lowest BCUT2D eigenvalue weighted by Crippen LogP contribution is -2.22. The van der Waals surface area contributed by atoms with E-state index in [1.807, 2.05) is 50.4 Å². The minimum atomic E-state index is -0.644. The van der Waals surface area contributed by atoms with E-state index < -0.39 is 5.97 Å². The number of benzene rings is 2. The van der Waals surface area contributed by atoms with Gasteiger partial charge in [-0.15, -0.1) is 0 Å². The minimum Gasteiger partial charge on any atom is -0.495 e. The highest BCUT2D eigenvalue weighted by Crippen LogP contribution is 2.35. The molecule has 0 aliphatic rings. The topological polar surface area (TPSA) is 131 Å². The third kappa shape index (κ3) is 8.53. The maximum atomic E-state index is 12.0. The van der Waals surface area contributed by atoms with E-state index in [2.05, 4.69) is 63.4 Å². The molecule has 0 spiro atoms. The second-order valence-corrected chi connectivity index (χ2v) is 10.4. The summed E-state index contributed by atoms with van der Waals surface area (Å²) in [6.07, 6.45) is 3.49. The first-order valence-corrected chi connectivity index (χ1v) is 14.8.